The van der Waals surface area contributed by atoms with Gasteiger partial charge in [-0.1, -0.05) is 43.3 Å². The number of hydrogen-bond acceptors (Lipinski definition) is 4. The van der Waals surface area contributed by atoms with Gasteiger partial charge < -0.3 is 15.0 Å². The third-order valence-electron chi connectivity index (χ3n) is 6.67. The quantitative estimate of drug-likeness (QED) is 0.618. The number of anilines is 1. The fourth-order valence-electron chi connectivity index (χ4n) is 4.76. The second kappa shape index (κ2) is 8.94. The van der Waals surface area contributed by atoms with Crippen LogP contribution in [0.25, 0.3) is 0 Å². The molecule has 6 heteroatoms. The van der Waals surface area contributed by atoms with Crippen LogP contribution < -0.4 is 10.2 Å². The van der Waals surface area contributed by atoms with Crippen molar-refractivity contribution in [3.8, 4) is 0 Å². The van der Waals surface area contributed by atoms with Crippen LogP contribution in [0.15, 0.2) is 66.9 Å². The van der Waals surface area contributed by atoms with Crippen molar-refractivity contribution in [2.75, 3.05) is 24.6 Å². The van der Waals surface area contributed by atoms with Crippen molar-refractivity contribution in [2.24, 2.45) is 0 Å². The van der Waals surface area contributed by atoms with Crippen molar-refractivity contribution in [3.63, 3.8) is 0 Å². The fourth-order valence-corrected chi connectivity index (χ4v) is 4.76. The van der Waals surface area contributed by atoms with Gasteiger partial charge in [0.15, 0.2) is 5.67 Å². The van der Waals surface area contributed by atoms with Gasteiger partial charge in [0, 0.05) is 36.3 Å². The van der Waals surface area contributed by atoms with Crippen LogP contribution >= 0.6 is 0 Å². The van der Waals surface area contributed by atoms with E-state index >= 15 is 4.39 Å². The molecule has 3 heterocycles. The summed E-state index contributed by atoms with van der Waals surface area (Å²) in [6.07, 6.45) is 2.17. The summed E-state index contributed by atoms with van der Waals surface area (Å²) in [5.41, 5.74) is 4.00. The van der Waals surface area contributed by atoms with E-state index in [9.17, 15) is 4.79 Å². The number of pyridine rings is 1. The first-order valence-corrected chi connectivity index (χ1v) is 11.4. The highest BCUT2D eigenvalue weighted by atomic mass is 19.1. The zero-order valence-electron chi connectivity index (χ0n) is 18.8. The SMILES string of the molecule is CC1COCc2ccc(C(=O)NCc3cc(N4CCC(F)(c5ccccc5)C4)ccn3)cc21. The van der Waals surface area contributed by atoms with E-state index in [2.05, 4.69) is 17.2 Å². The van der Waals surface area contributed by atoms with Crippen molar-refractivity contribution in [2.45, 2.75) is 38.1 Å². The van der Waals surface area contributed by atoms with Gasteiger partial charge in [-0.2, -0.15) is 0 Å². The second-order valence-electron chi connectivity index (χ2n) is 9.02. The molecular formula is C27H28FN3O2. The van der Waals surface area contributed by atoms with Crippen LogP contribution in [0.5, 0.6) is 0 Å². The number of nitrogens with one attached hydrogen (secondary N) is 1. The summed E-state index contributed by atoms with van der Waals surface area (Å²) in [4.78, 5) is 19.2. The lowest BCUT2D eigenvalue weighted by Crippen LogP contribution is -2.27. The molecule has 1 amide bonds. The molecule has 5 rings (SSSR count). The van der Waals surface area contributed by atoms with Gasteiger partial charge in [0.05, 0.1) is 32.0 Å². The minimum Gasteiger partial charge on any atom is -0.376 e. The van der Waals surface area contributed by atoms with Crippen molar-refractivity contribution < 1.29 is 13.9 Å². The van der Waals surface area contributed by atoms with Gasteiger partial charge in [-0.3, -0.25) is 9.78 Å². The van der Waals surface area contributed by atoms with Gasteiger partial charge in [0.2, 0.25) is 0 Å². The van der Waals surface area contributed by atoms with Crippen LogP contribution in [0.4, 0.5) is 10.1 Å². The number of amides is 1. The Morgan fingerprint density at radius 1 is 1.21 bits per heavy atom. The fraction of sp³-hybridized carbons (Fsp3) is 0.333. The highest BCUT2D eigenvalue weighted by Crippen LogP contribution is 2.38. The number of carbonyl (C=O) groups excluding carboxylic acids is 1. The van der Waals surface area contributed by atoms with Gasteiger partial charge in [0.1, 0.15) is 0 Å². The number of carbonyl (C=O) groups is 1. The molecule has 1 fully saturated rings. The van der Waals surface area contributed by atoms with E-state index in [1.54, 1.807) is 6.20 Å². The highest BCUT2D eigenvalue weighted by Gasteiger charge is 2.40. The lowest BCUT2D eigenvalue weighted by Gasteiger charge is -2.23. The number of halogens is 1. The summed E-state index contributed by atoms with van der Waals surface area (Å²) in [6.45, 7) is 4.64. The number of ether oxygens (including phenoxy) is 1. The molecule has 0 saturated carbocycles. The summed E-state index contributed by atoms with van der Waals surface area (Å²) in [5.74, 6) is 0.149. The van der Waals surface area contributed by atoms with Crippen LogP contribution in [0, 0.1) is 0 Å². The standard InChI is InChI=1S/C27H28FN3O2/c1-19-16-33-17-21-8-7-20(13-25(19)21)26(32)30-15-23-14-24(9-11-29-23)31-12-10-27(28,18-31)22-5-3-2-4-6-22/h2-9,11,13-14,19H,10,12,15-18H2,1H3,(H,30,32). The lowest BCUT2D eigenvalue weighted by molar-refractivity contribution is 0.0931. The van der Waals surface area contributed by atoms with Crippen LogP contribution in [-0.4, -0.2) is 30.6 Å². The summed E-state index contributed by atoms with van der Waals surface area (Å²) in [5, 5.41) is 2.97. The molecular weight excluding hydrogens is 417 g/mol. The minimum atomic E-state index is -1.35. The molecule has 2 aliphatic heterocycles. The molecule has 5 nitrogen and oxygen atoms in total. The summed E-state index contributed by atoms with van der Waals surface area (Å²) >= 11 is 0. The largest absolute Gasteiger partial charge is 0.376 e. The van der Waals surface area contributed by atoms with Crippen molar-refractivity contribution in [1.82, 2.24) is 10.3 Å². The van der Waals surface area contributed by atoms with Gasteiger partial charge >= 0.3 is 0 Å². The molecule has 0 aliphatic carbocycles. The van der Waals surface area contributed by atoms with Crippen molar-refractivity contribution in [1.29, 1.82) is 0 Å². The predicted octanol–water partition coefficient (Wildman–Crippen LogP) is 4.72. The van der Waals surface area contributed by atoms with E-state index in [-0.39, 0.29) is 11.8 Å². The lowest BCUT2D eigenvalue weighted by atomic mass is 9.92. The molecule has 33 heavy (non-hydrogen) atoms. The molecule has 2 aliphatic rings. The molecule has 0 bridgehead atoms. The number of rotatable bonds is 5. The Labute approximate surface area is 193 Å². The first-order valence-electron chi connectivity index (χ1n) is 11.4. The van der Waals surface area contributed by atoms with E-state index in [0.717, 1.165) is 22.5 Å². The Balaban J connectivity index is 1.24. The molecule has 2 unspecified atom stereocenters. The molecule has 3 aromatic rings. The average molecular weight is 446 g/mol. The number of hydrogen-bond donors (Lipinski definition) is 1. The average Bonchev–Trinajstić information content (AvgIpc) is 3.27. The van der Waals surface area contributed by atoms with E-state index in [1.807, 2.05) is 65.6 Å². The summed E-state index contributed by atoms with van der Waals surface area (Å²) in [7, 11) is 0. The third-order valence-corrected chi connectivity index (χ3v) is 6.67. The maximum absolute atomic E-state index is 15.5. The van der Waals surface area contributed by atoms with E-state index in [4.69, 9.17) is 4.74 Å². The normalized spacial score (nSPS) is 22.1. The maximum atomic E-state index is 15.5. The van der Waals surface area contributed by atoms with Gasteiger partial charge in [-0.25, -0.2) is 4.39 Å². The molecule has 1 aromatic heterocycles. The Hall–Kier alpha value is -3.25. The first kappa shape index (κ1) is 21.6. The van der Waals surface area contributed by atoms with Gasteiger partial charge in [-0.15, -0.1) is 0 Å². The molecule has 0 radical (unpaired) electrons. The van der Waals surface area contributed by atoms with E-state index < -0.39 is 5.67 Å². The molecule has 2 atom stereocenters. The van der Waals surface area contributed by atoms with E-state index in [0.29, 0.717) is 44.8 Å². The zero-order valence-corrected chi connectivity index (χ0v) is 18.8. The van der Waals surface area contributed by atoms with Crippen LogP contribution in [0.2, 0.25) is 0 Å². The molecule has 1 saturated heterocycles. The number of aromatic nitrogens is 1. The minimum absolute atomic E-state index is 0.128. The van der Waals surface area contributed by atoms with Crippen LogP contribution in [0.3, 0.4) is 0 Å². The van der Waals surface area contributed by atoms with E-state index in [1.165, 1.54) is 5.56 Å². The Morgan fingerprint density at radius 3 is 2.91 bits per heavy atom. The van der Waals surface area contributed by atoms with Crippen LogP contribution in [0.1, 0.15) is 52.0 Å². The van der Waals surface area contributed by atoms with Gasteiger partial charge in [-0.05, 0) is 41.0 Å². The number of fused-ring (bicyclic) bond motifs is 1. The Bertz CT molecular complexity index is 1150. The monoisotopic (exact) mass is 445 g/mol. The second-order valence-corrected chi connectivity index (χ2v) is 9.02. The summed E-state index contributed by atoms with van der Waals surface area (Å²) in [6, 6.07) is 19.0. The van der Waals surface area contributed by atoms with Gasteiger partial charge in [0.25, 0.3) is 5.91 Å². The smallest absolute Gasteiger partial charge is 0.251 e. The van der Waals surface area contributed by atoms with Crippen molar-refractivity contribution in [3.05, 3.63) is 94.8 Å². The third kappa shape index (κ3) is 4.48. The number of alkyl halides is 1. The topological polar surface area (TPSA) is 54.5 Å². The number of nitrogens with zero attached hydrogens (tertiary/aromatic N) is 2. The molecule has 2 aromatic carbocycles. The van der Waals surface area contributed by atoms with Crippen LogP contribution in [-0.2, 0) is 23.6 Å². The molecule has 170 valence electrons. The Kier molecular flexibility index (Phi) is 5.85. The number of benzene rings is 2. The summed E-state index contributed by atoms with van der Waals surface area (Å²) < 4.78 is 21.1. The molecule has 0 spiro atoms. The highest BCUT2D eigenvalue weighted by molar-refractivity contribution is 5.94. The first-order chi connectivity index (χ1) is 16.0. The van der Waals surface area contributed by atoms with Crippen molar-refractivity contribution >= 4 is 11.6 Å². The zero-order chi connectivity index (χ0) is 22.8. The Morgan fingerprint density at radius 2 is 2.06 bits per heavy atom. The molecule has 1 N–H and O–H groups in total. The predicted molar refractivity (Wildman–Crippen MR) is 126 cm³/mol. The maximum Gasteiger partial charge on any atom is 0.251 e.